The number of ether oxygens (including phenoxy) is 2. The van der Waals surface area contributed by atoms with Gasteiger partial charge in [0.05, 0.1) is 6.10 Å². The Balaban J connectivity index is 2.04. The molecule has 5 nitrogen and oxygen atoms in total. The van der Waals surface area contributed by atoms with Gasteiger partial charge in [-0.2, -0.15) is 0 Å². The van der Waals surface area contributed by atoms with Crippen molar-refractivity contribution in [3.8, 4) is 5.75 Å². The molecule has 0 radical (unpaired) electrons. The summed E-state index contributed by atoms with van der Waals surface area (Å²) in [5.41, 5.74) is 0.800. The molecule has 1 aromatic carbocycles. The van der Waals surface area contributed by atoms with Crippen molar-refractivity contribution >= 4 is 10.0 Å². The average Bonchev–Trinajstić information content (AvgIpc) is 2.91. The maximum absolute atomic E-state index is 12.3. The summed E-state index contributed by atoms with van der Waals surface area (Å²) in [4.78, 5) is 0. The molecule has 2 unspecified atom stereocenters. The van der Waals surface area contributed by atoms with Crippen molar-refractivity contribution in [2.24, 2.45) is 0 Å². The van der Waals surface area contributed by atoms with Gasteiger partial charge in [-0.3, -0.25) is 0 Å². The Bertz CT molecular complexity index is 585. The SMILES string of the molecule is C=CCOc1ccccc1CNS(=O)(=O)C1CCOC1C. The molecular formula is C15H21NO4S. The summed E-state index contributed by atoms with van der Waals surface area (Å²) in [5, 5.41) is -0.487. The van der Waals surface area contributed by atoms with Crippen LogP contribution in [0.5, 0.6) is 5.75 Å². The number of nitrogens with one attached hydrogen (secondary N) is 1. The second kappa shape index (κ2) is 7.06. The largest absolute Gasteiger partial charge is 0.489 e. The van der Waals surface area contributed by atoms with Crippen LogP contribution in [0.2, 0.25) is 0 Å². The van der Waals surface area contributed by atoms with Gasteiger partial charge in [-0.15, -0.1) is 0 Å². The van der Waals surface area contributed by atoms with Crippen LogP contribution in [-0.2, 0) is 21.3 Å². The van der Waals surface area contributed by atoms with E-state index < -0.39 is 15.3 Å². The zero-order chi connectivity index (χ0) is 15.3. The quantitative estimate of drug-likeness (QED) is 0.781. The molecule has 2 atom stereocenters. The Morgan fingerprint density at radius 1 is 1.48 bits per heavy atom. The molecular weight excluding hydrogens is 290 g/mol. The van der Waals surface area contributed by atoms with Crippen LogP contribution in [0.4, 0.5) is 0 Å². The van der Waals surface area contributed by atoms with Crippen LogP contribution in [0.3, 0.4) is 0 Å². The van der Waals surface area contributed by atoms with Crippen LogP contribution < -0.4 is 9.46 Å². The molecule has 1 aliphatic heterocycles. The number of benzene rings is 1. The van der Waals surface area contributed by atoms with Crippen LogP contribution in [0.1, 0.15) is 18.9 Å². The number of hydrogen-bond acceptors (Lipinski definition) is 4. The van der Waals surface area contributed by atoms with Crippen LogP contribution in [0, 0.1) is 0 Å². The third kappa shape index (κ3) is 4.06. The van der Waals surface area contributed by atoms with E-state index in [2.05, 4.69) is 11.3 Å². The van der Waals surface area contributed by atoms with Crippen LogP contribution >= 0.6 is 0 Å². The molecule has 116 valence electrons. The maximum Gasteiger partial charge on any atom is 0.217 e. The molecule has 1 N–H and O–H groups in total. The van der Waals surface area contributed by atoms with Crippen molar-refractivity contribution in [3.63, 3.8) is 0 Å². The predicted octanol–water partition coefficient (Wildman–Crippen LogP) is 1.85. The Hall–Kier alpha value is -1.37. The monoisotopic (exact) mass is 311 g/mol. The summed E-state index contributed by atoms with van der Waals surface area (Å²) < 4.78 is 38.1. The first kappa shape index (κ1) is 16.0. The van der Waals surface area contributed by atoms with E-state index in [1.54, 1.807) is 13.0 Å². The Labute approximate surface area is 126 Å². The normalized spacial score (nSPS) is 22.1. The van der Waals surface area contributed by atoms with E-state index in [1.807, 2.05) is 24.3 Å². The summed E-state index contributed by atoms with van der Waals surface area (Å²) in [7, 11) is -3.40. The van der Waals surface area contributed by atoms with Gasteiger partial charge in [0, 0.05) is 18.7 Å². The minimum atomic E-state index is -3.40. The molecule has 0 saturated carbocycles. The van der Waals surface area contributed by atoms with Crippen molar-refractivity contribution in [2.45, 2.75) is 31.2 Å². The van der Waals surface area contributed by atoms with Crippen LogP contribution in [0.25, 0.3) is 0 Å². The molecule has 1 aromatic rings. The molecule has 0 amide bonds. The molecule has 0 bridgehead atoms. The molecule has 2 rings (SSSR count). The third-order valence-electron chi connectivity index (χ3n) is 3.50. The summed E-state index contributed by atoms with van der Waals surface area (Å²) in [6, 6.07) is 7.36. The van der Waals surface area contributed by atoms with Gasteiger partial charge in [0.15, 0.2) is 0 Å². The zero-order valence-electron chi connectivity index (χ0n) is 12.1. The van der Waals surface area contributed by atoms with E-state index in [-0.39, 0.29) is 12.6 Å². The van der Waals surface area contributed by atoms with Crippen molar-refractivity contribution in [3.05, 3.63) is 42.5 Å². The molecule has 1 aliphatic rings. The fraction of sp³-hybridized carbons (Fsp3) is 0.467. The van der Waals surface area contributed by atoms with E-state index in [4.69, 9.17) is 9.47 Å². The molecule has 0 spiro atoms. The van der Waals surface area contributed by atoms with Crippen molar-refractivity contribution in [2.75, 3.05) is 13.2 Å². The van der Waals surface area contributed by atoms with E-state index in [9.17, 15) is 8.42 Å². The molecule has 0 aliphatic carbocycles. The van der Waals surface area contributed by atoms with E-state index in [1.165, 1.54) is 0 Å². The fourth-order valence-corrected chi connectivity index (χ4v) is 3.90. The minimum Gasteiger partial charge on any atom is -0.489 e. The highest BCUT2D eigenvalue weighted by Gasteiger charge is 2.35. The maximum atomic E-state index is 12.3. The second-order valence-corrected chi connectivity index (χ2v) is 6.96. The number of hydrogen-bond donors (Lipinski definition) is 1. The predicted molar refractivity (Wildman–Crippen MR) is 81.7 cm³/mol. The fourth-order valence-electron chi connectivity index (χ4n) is 2.34. The van der Waals surface area contributed by atoms with E-state index in [0.29, 0.717) is 25.4 Å². The van der Waals surface area contributed by atoms with Gasteiger partial charge in [-0.05, 0) is 19.4 Å². The lowest BCUT2D eigenvalue weighted by atomic mass is 10.2. The van der Waals surface area contributed by atoms with Gasteiger partial charge in [0.25, 0.3) is 0 Å². The number of sulfonamides is 1. The first-order valence-electron chi connectivity index (χ1n) is 6.96. The smallest absolute Gasteiger partial charge is 0.217 e. The lowest BCUT2D eigenvalue weighted by Crippen LogP contribution is -2.37. The third-order valence-corrected chi connectivity index (χ3v) is 5.46. The lowest BCUT2D eigenvalue weighted by molar-refractivity contribution is 0.126. The summed E-state index contributed by atoms with van der Waals surface area (Å²) in [6.45, 7) is 6.48. The van der Waals surface area contributed by atoms with E-state index >= 15 is 0 Å². The second-order valence-electron chi connectivity index (χ2n) is 4.98. The highest BCUT2D eigenvalue weighted by Crippen LogP contribution is 2.22. The number of rotatable bonds is 7. The van der Waals surface area contributed by atoms with Gasteiger partial charge in [0.2, 0.25) is 10.0 Å². The van der Waals surface area contributed by atoms with Gasteiger partial charge in [-0.25, -0.2) is 13.1 Å². The molecule has 1 fully saturated rings. The number of para-hydroxylation sites is 1. The molecule has 1 heterocycles. The standard InChI is InChI=1S/C15H21NO4S/c1-3-9-20-14-7-5-4-6-13(14)11-16-21(17,18)15-8-10-19-12(15)2/h3-7,12,15-16H,1,8-11H2,2H3. The summed E-state index contributed by atoms with van der Waals surface area (Å²) in [5.74, 6) is 0.663. The summed E-state index contributed by atoms with van der Waals surface area (Å²) in [6.07, 6.45) is 1.92. The molecule has 0 aromatic heterocycles. The van der Waals surface area contributed by atoms with Gasteiger partial charge >= 0.3 is 0 Å². The Morgan fingerprint density at radius 3 is 2.90 bits per heavy atom. The minimum absolute atomic E-state index is 0.207. The average molecular weight is 311 g/mol. The van der Waals surface area contributed by atoms with Gasteiger partial charge < -0.3 is 9.47 Å². The van der Waals surface area contributed by atoms with Crippen LogP contribution in [-0.4, -0.2) is 33.0 Å². The van der Waals surface area contributed by atoms with Gasteiger partial charge in [0.1, 0.15) is 17.6 Å². The Kier molecular flexibility index (Phi) is 5.39. The molecule has 21 heavy (non-hydrogen) atoms. The first-order chi connectivity index (χ1) is 10.0. The Morgan fingerprint density at radius 2 is 2.24 bits per heavy atom. The van der Waals surface area contributed by atoms with Crippen molar-refractivity contribution < 1.29 is 17.9 Å². The molecule has 6 heteroatoms. The topological polar surface area (TPSA) is 64.6 Å². The highest BCUT2D eigenvalue weighted by atomic mass is 32.2. The molecule has 1 saturated heterocycles. The zero-order valence-corrected chi connectivity index (χ0v) is 12.9. The van der Waals surface area contributed by atoms with Crippen molar-refractivity contribution in [1.82, 2.24) is 4.72 Å². The first-order valence-corrected chi connectivity index (χ1v) is 8.51. The highest BCUT2D eigenvalue weighted by molar-refractivity contribution is 7.90. The van der Waals surface area contributed by atoms with E-state index in [0.717, 1.165) is 5.56 Å². The van der Waals surface area contributed by atoms with Crippen LogP contribution in [0.15, 0.2) is 36.9 Å². The lowest BCUT2D eigenvalue weighted by Gasteiger charge is -2.17. The van der Waals surface area contributed by atoms with Gasteiger partial charge in [-0.1, -0.05) is 30.9 Å². The summed E-state index contributed by atoms with van der Waals surface area (Å²) >= 11 is 0. The van der Waals surface area contributed by atoms with Crippen molar-refractivity contribution in [1.29, 1.82) is 0 Å².